The van der Waals surface area contributed by atoms with Gasteiger partial charge in [0.2, 0.25) is 0 Å². The Kier molecular flexibility index (Phi) is 5.32. The molecule has 0 radical (unpaired) electrons. The molecule has 24 heavy (non-hydrogen) atoms. The average molecular weight is 353 g/mol. The summed E-state index contributed by atoms with van der Waals surface area (Å²) in [5.74, 6) is -1.43. The van der Waals surface area contributed by atoms with Crippen LogP contribution in [0.3, 0.4) is 0 Å². The number of carboxylic acids is 1. The molecule has 1 aromatic carbocycles. The average Bonchev–Trinajstić information content (AvgIpc) is 2.49. The van der Waals surface area contributed by atoms with Gasteiger partial charge >= 0.3 is 5.97 Å². The van der Waals surface area contributed by atoms with Crippen molar-refractivity contribution in [1.82, 2.24) is 5.32 Å². The number of carboxylic acid groups (broad SMARTS) is 1. The lowest BCUT2D eigenvalue weighted by molar-refractivity contribution is -0.142. The number of hydrogen-bond acceptors (Lipinski definition) is 4. The standard InChI is InChI=1S/C17H23NO5S/c1-10-8-14(24(3,22)23)9-15(11(10)2)16(19)18-13-6-4-12(5-7-13)17(20)21/h8-9,12-13H,4-7H2,1-3H3,(H,18,19)(H,20,21). The van der Waals surface area contributed by atoms with Gasteiger partial charge in [-0.15, -0.1) is 0 Å². The van der Waals surface area contributed by atoms with E-state index in [1.54, 1.807) is 19.9 Å². The first kappa shape index (κ1) is 18.4. The summed E-state index contributed by atoms with van der Waals surface area (Å²) in [6.07, 6.45) is 3.44. The number of benzene rings is 1. The maximum Gasteiger partial charge on any atom is 0.306 e. The van der Waals surface area contributed by atoms with E-state index in [1.165, 1.54) is 6.07 Å². The maximum absolute atomic E-state index is 12.6. The van der Waals surface area contributed by atoms with E-state index in [9.17, 15) is 18.0 Å². The monoisotopic (exact) mass is 353 g/mol. The number of nitrogens with one attached hydrogen (secondary N) is 1. The van der Waals surface area contributed by atoms with E-state index in [2.05, 4.69) is 5.32 Å². The number of rotatable bonds is 4. The zero-order chi connectivity index (χ0) is 18.1. The molecule has 0 unspecified atom stereocenters. The number of aryl methyl sites for hydroxylation is 1. The van der Waals surface area contributed by atoms with Gasteiger partial charge in [0.25, 0.3) is 5.91 Å². The van der Waals surface area contributed by atoms with Gasteiger partial charge in [0.1, 0.15) is 0 Å². The number of amides is 1. The first-order valence-corrected chi connectivity index (χ1v) is 9.83. The molecule has 0 atom stereocenters. The molecule has 132 valence electrons. The van der Waals surface area contributed by atoms with Gasteiger partial charge in [0.05, 0.1) is 10.8 Å². The van der Waals surface area contributed by atoms with Crippen molar-refractivity contribution in [1.29, 1.82) is 0 Å². The molecule has 1 aliphatic rings. The van der Waals surface area contributed by atoms with Crippen LogP contribution < -0.4 is 5.32 Å². The lowest BCUT2D eigenvalue weighted by Gasteiger charge is -2.27. The number of sulfone groups is 1. The van der Waals surface area contributed by atoms with Gasteiger partial charge in [0.15, 0.2) is 9.84 Å². The molecule has 1 amide bonds. The normalized spacial score (nSPS) is 21.3. The Balaban J connectivity index is 2.16. The lowest BCUT2D eigenvalue weighted by atomic mass is 9.86. The zero-order valence-electron chi connectivity index (χ0n) is 14.1. The van der Waals surface area contributed by atoms with Gasteiger partial charge in [0, 0.05) is 17.9 Å². The molecular weight excluding hydrogens is 330 g/mol. The van der Waals surface area contributed by atoms with Crippen LogP contribution in [0, 0.1) is 19.8 Å². The Morgan fingerprint density at radius 1 is 1.12 bits per heavy atom. The third kappa shape index (κ3) is 4.14. The van der Waals surface area contributed by atoms with Gasteiger partial charge in [-0.25, -0.2) is 8.42 Å². The molecule has 6 nitrogen and oxygen atoms in total. The van der Waals surface area contributed by atoms with E-state index >= 15 is 0 Å². The van der Waals surface area contributed by atoms with Crippen LogP contribution in [0.25, 0.3) is 0 Å². The summed E-state index contributed by atoms with van der Waals surface area (Å²) in [4.78, 5) is 23.7. The Morgan fingerprint density at radius 2 is 1.71 bits per heavy atom. The molecule has 1 aliphatic carbocycles. The van der Waals surface area contributed by atoms with Crippen molar-refractivity contribution in [3.63, 3.8) is 0 Å². The van der Waals surface area contributed by atoms with Gasteiger partial charge in [-0.05, 0) is 62.8 Å². The predicted molar refractivity (Wildman–Crippen MR) is 89.9 cm³/mol. The van der Waals surface area contributed by atoms with Gasteiger partial charge < -0.3 is 10.4 Å². The molecule has 2 rings (SSSR count). The molecule has 2 N–H and O–H groups in total. The van der Waals surface area contributed by atoms with Gasteiger partial charge in [-0.1, -0.05) is 0 Å². The van der Waals surface area contributed by atoms with Crippen LogP contribution in [0.4, 0.5) is 0 Å². The van der Waals surface area contributed by atoms with Crippen molar-refractivity contribution in [3.8, 4) is 0 Å². The fourth-order valence-electron chi connectivity index (χ4n) is 3.02. The highest BCUT2D eigenvalue weighted by atomic mass is 32.2. The summed E-state index contributed by atoms with van der Waals surface area (Å²) in [6, 6.07) is 2.91. The molecule has 1 aromatic rings. The largest absolute Gasteiger partial charge is 0.481 e. The molecule has 0 spiro atoms. The Bertz CT molecular complexity index is 761. The highest BCUT2D eigenvalue weighted by molar-refractivity contribution is 7.90. The fraction of sp³-hybridized carbons (Fsp3) is 0.529. The third-order valence-electron chi connectivity index (χ3n) is 4.73. The smallest absolute Gasteiger partial charge is 0.306 e. The first-order valence-electron chi connectivity index (χ1n) is 7.94. The molecule has 0 aromatic heterocycles. The van der Waals surface area contributed by atoms with Crippen LogP contribution in [0.2, 0.25) is 0 Å². The lowest BCUT2D eigenvalue weighted by Crippen LogP contribution is -2.39. The zero-order valence-corrected chi connectivity index (χ0v) is 14.9. The predicted octanol–water partition coefficient (Wildman–Crippen LogP) is 2.08. The Hall–Kier alpha value is -1.89. The molecule has 7 heteroatoms. The number of carbonyl (C=O) groups is 2. The fourth-order valence-corrected chi connectivity index (χ4v) is 3.75. The van der Waals surface area contributed by atoms with Crippen molar-refractivity contribution in [2.45, 2.75) is 50.5 Å². The van der Waals surface area contributed by atoms with E-state index in [0.29, 0.717) is 31.2 Å². The second-order valence-corrected chi connectivity index (χ2v) is 8.56. The summed E-state index contributed by atoms with van der Waals surface area (Å²) in [5.41, 5.74) is 1.85. The highest BCUT2D eigenvalue weighted by Gasteiger charge is 2.27. The number of carbonyl (C=O) groups excluding carboxylic acids is 1. The number of aliphatic carboxylic acids is 1. The van der Waals surface area contributed by atoms with Crippen molar-refractivity contribution >= 4 is 21.7 Å². The summed E-state index contributed by atoms with van der Waals surface area (Å²) in [7, 11) is -3.39. The topological polar surface area (TPSA) is 101 Å². The maximum atomic E-state index is 12.6. The van der Waals surface area contributed by atoms with E-state index < -0.39 is 15.8 Å². The summed E-state index contributed by atoms with van der Waals surface area (Å²) >= 11 is 0. The molecule has 0 bridgehead atoms. The van der Waals surface area contributed by atoms with Crippen molar-refractivity contribution in [2.75, 3.05) is 6.26 Å². The van der Waals surface area contributed by atoms with Crippen LogP contribution in [0.15, 0.2) is 17.0 Å². The minimum absolute atomic E-state index is 0.0744. The molecule has 1 fully saturated rings. The summed E-state index contributed by atoms with van der Waals surface area (Å²) in [6.45, 7) is 3.57. The minimum Gasteiger partial charge on any atom is -0.481 e. The molecule has 0 aliphatic heterocycles. The van der Waals surface area contributed by atoms with Gasteiger partial charge in [-0.2, -0.15) is 0 Å². The second-order valence-electron chi connectivity index (χ2n) is 6.55. The number of hydrogen-bond donors (Lipinski definition) is 2. The third-order valence-corrected chi connectivity index (χ3v) is 5.82. The Labute approximate surface area is 142 Å². The van der Waals surface area contributed by atoms with Gasteiger partial charge in [-0.3, -0.25) is 9.59 Å². The van der Waals surface area contributed by atoms with Crippen LogP contribution in [0.5, 0.6) is 0 Å². The van der Waals surface area contributed by atoms with E-state index in [-0.39, 0.29) is 22.8 Å². The van der Waals surface area contributed by atoms with E-state index in [0.717, 1.165) is 17.4 Å². The van der Waals surface area contributed by atoms with E-state index in [4.69, 9.17) is 5.11 Å². The van der Waals surface area contributed by atoms with Crippen LogP contribution in [-0.4, -0.2) is 37.7 Å². The quantitative estimate of drug-likeness (QED) is 0.863. The summed E-state index contributed by atoms with van der Waals surface area (Å²) in [5, 5.41) is 11.9. The minimum atomic E-state index is -3.39. The highest BCUT2D eigenvalue weighted by Crippen LogP contribution is 2.25. The van der Waals surface area contributed by atoms with Crippen molar-refractivity contribution in [3.05, 3.63) is 28.8 Å². The van der Waals surface area contributed by atoms with Crippen LogP contribution in [-0.2, 0) is 14.6 Å². The van der Waals surface area contributed by atoms with Crippen LogP contribution >= 0.6 is 0 Å². The second kappa shape index (κ2) is 6.93. The Morgan fingerprint density at radius 3 is 2.21 bits per heavy atom. The molecule has 0 heterocycles. The molecular formula is C17H23NO5S. The molecule has 0 saturated heterocycles. The van der Waals surface area contributed by atoms with Crippen molar-refractivity contribution < 1.29 is 23.1 Å². The molecule has 1 saturated carbocycles. The SMILES string of the molecule is Cc1cc(S(C)(=O)=O)cc(C(=O)NC2CCC(C(=O)O)CC2)c1C. The van der Waals surface area contributed by atoms with E-state index in [1.807, 2.05) is 0 Å². The van der Waals surface area contributed by atoms with Crippen LogP contribution in [0.1, 0.15) is 47.2 Å². The van der Waals surface area contributed by atoms with Crippen molar-refractivity contribution in [2.24, 2.45) is 5.92 Å². The summed E-state index contributed by atoms with van der Waals surface area (Å²) < 4.78 is 23.5. The first-order chi connectivity index (χ1) is 11.1.